The van der Waals surface area contributed by atoms with E-state index in [2.05, 4.69) is 21.6 Å². The van der Waals surface area contributed by atoms with Crippen molar-refractivity contribution in [3.8, 4) is 0 Å². The van der Waals surface area contributed by atoms with E-state index >= 15 is 0 Å². The summed E-state index contributed by atoms with van der Waals surface area (Å²) >= 11 is 0. The van der Waals surface area contributed by atoms with Gasteiger partial charge in [0.15, 0.2) is 0 Å². The van der Waals surface area contributed by atoms with Crippen molar-refractivity contribution in [1.29, 1.82) is 0 Å². The van der Waals surface area contributed by atoms with Crippen LogP contribution in [0.2, 0.25) is 0 Å². The maximum atomic E-state index is 12.7. The zero-order valence-electron chi connectivity index (χ0n) is 18.4. The molecule has 5 fully saturated rings. The predicted octanol–water partition coefficient (Wildman–Crippen LogP) is 3.18. The molecule has 0 spiro atoms. The highest BCUT2D eigenvalue weighted by Crippen LogP contribution is 2.61. The molecular formula is C25H35N3O3. The largest absolute Gasteiger partial charge is 0.379 e. The Morgan fingerprint density at radius 1 is 1.00 bits per heavy atom. The second-order valence-electron chi connectivity index (χ2n) is 10.5. The lowest BCUT2D eigenvalue weighted by Gasteiger charge is -2.56. The van der Waals surface area contributed by atoms with E-state index in [-0.39, 0.29) is 23.8 Å². The molecule has 1 aliphatic heterocycles. The Labute approximate surface area is 185 Å². The van der Waals surface area contributed by atoms with E-state index in [1.54, 1.807) is 0 Å². The lowest BCUT2D eigenvalue weighted by atomic mass is 9.49. The molecule has 2 N–H and O–H groups in total. The maximum absolute atomic E-state index is 12.7. The van der Waals surface area contributed by atoms with E-state index in [0.29, 0.717) is 6.42 Å². The molecule has 6 nitrogen and oxygen atoms in total. The molecule has 6 heteroatoms. The first kappa shape index (κ1) is 21.0. The molecule has 1 aromatic carbocycles. The van der Waals surface area contributed by atoms with Gasteiger partial charge in [0.05, 0.1) is 19.8 Å². The van der Waals surface area contributed by atoms with Crippen molar-refractivity contribution >= 4 is 17.5 Å². The first-order valence-corrected chi connectivity index (χ1v) is 12.0. The normalized spacial score (nSPS) is 32.1. The Bertz CT molecular complexity index is 783. The molecule has 6 rings (SSSR count). The highest BCUT2D eigenvalue weighted by molar-refractivity contribution is 5.94. The van der Waals surface area contributed by atoms with E-state index in [1.165, 1.54) is 44.1 Å². The monoisotopic (exact) mass is 425 g/mol. The summed E-state index contributed by atoms with van der Waals surface area (Å²) in [6.07, 6.45) is 8.39. The number of carbonyl (C=O) groups is 2. The van der Waals surface area contributed by atoms with E-state index in [0.717, 1.165) is 56.3 Å². The molecule has 4 aliphatic carbocycles. The average Bonchev–Trinajstić information content (AvgIpc) is 2.72. The highest BCUT2D eigenvalue weighted by atomic mass is 16.5. The minimum absolute atomic E-state index is 0.0400. The Balaban J connectivity index is 1.09. The molecule has 4 saturated carbocycles. The highest BCUT2D eigenvalue weighted by Gasteiger charge is 2.51. The molecular weight excluding hydrogens is 390 g/mol. The average molecular weight is 426 g/mol. The summed E-state index contributed by atoms with van der Waals surface area (Å²) in [4.78, 5) is 27.4. The molecule has 0 radical (unpaired) electrons. The van der Waals surface area contributed by atoms with Crippen molar-refractivity contribution in [2.45, 2.75) is 51.5 Å². The van der Waals surface area contributed by atoms with Crippen molar-refractivity contribution in [1.82, 2.24) is 10.2 Å². The fourth-order valence-corrected chi connectivity index (χ4v) is 7.06. The van der Waals surface area contributed by atoms with Crippen LogP contribution in [0.1, 0.15) is 50.5 Å². The number of nitrogens with zero attached hydrogens (tertiary/aromatic N) is 1. The third-order valence-corrected chi connectivity index (χ3v) is 7.87. The summed E-state index contributed by atoms with van der Waals surface area (Å²) in [5, 5.41) is 5.82. The topological polar surface area (TPSA) is 70.7 Å². The third kappa shape index (κ3) is 5.12. The number of nitrogens with one attached hydrogen (secondary N) is 2. The molecule has 168 valence electrons. The van der Waals surface area contributed by atoms with Crippen LogP contribution >= 0.6 is 0 Å². The van der Waals surface area contributed by atoms with Crippen LogP contribution < -0.4 is 10.6 Å². The van der Waals surface area contributed by atoms with Crippen LogP contribution in [0.4, 0.5) is 5.69 Å². The lowest BCUT2D eigenvalue weighted by molar-refractivity contribution is -0.131. The second kappa shape index (κ2) is 8.91. The molecule has 1 heterocycles. The summed E-state index contributed by atoms with van der Waals surface area (Å²) in [6.45, 7) is 4.32. The van der Waals surface area contributed by atoms with Crippen molar-refractivity contribution < 1.29 is 14.3 Å². The van der Waals surface area contributed by atoms with Crippen LogP contribution in [0.25, 0.3) is 0 Å². The van der Waals surface area contributed by atoms with Gasteiger partial charge in [0.25, 0.3) is 0 Å². The quantitative estimate of drug-likeness (QED) is 0.704. The number of anilines is 1. The minimum atomic E-state index is -0.164. The summed E-state index contributed by atoms with van der Waals surface area (Å²) in [6, 6.07) is 7.97. The zero-order valence-corrected chi connectivity index (χ0v) is 18.4. The Kier molecular flexibility index (Phi) is 6.02. The number of amides is 2. The van der Waals surface area contributed by atoms with Crippen LogP contribution in [0.5, 0.6) is 0 Å². The molecule has 4 bridgehead atoms. The number of hydrogen-bond donors (Lipinski definition) is 2. The van der Waals surface area contributed by atoms with E-state index in [4.69, 9.17) is 4.74 Å². The van der Waals surface area contributed by atoms with Gasteiger partial charge in [-0.3, -0.25) is 14.5 Å². The molecule has 2 amide bonds. The molecule has 0 unspecified atom stereocenters. The van der Waals surface area contributed by atoms with Crippen LogP contribution in [0.3, 0.4) is 0 Å². The van der Waals surface area contributed by atoms with E-state index < -0.39 is 0 Å². The van der Waals surface area contributed by atoms with Gasteiger partial charge in [-0.25, -0.2) is 0 Å². The number of benzene rings is 1. The molecule has 1 saturated heterocycles. The zero-order chi connectivity index (χ0) is 21.3. The van der Waals surface area contributed by atoms with Gasteiger partial charge in [-0.15, -0.1) is 0 Å². The van der Waals surface area contributed by atoms with Gasteiger partial charge in [0.1, 0.15) is 0 Å². The number of morpholine rings is 1. The smallest absolute Gasteiger partial charge is 0.243 e. The summed E-state index contributed by atoms with van der Waals surface area (Å²) in [7, 11) is 0. The van der Waals surface area contributed by atoms with Crippen molar-refractivity contribution in [3.05, 3.63) is 29.8 Å². The van der Waals surface area contributed by atoms with Crippen LogP contribution in [0, 0.1) is 23.2 Å². The number of rotatable bonds is 7. The third-order valence-electron chi connectivity index (χ3n) is 7.87. The fourth-order valence-electron chi connectivity index (χ4n) is 7.06. The van der Waals surface area contributed by atoms with Crippen molar-refractivity contribution in [2.75, 3.05) is 38.2 Å². The Morgan fingerprint density at radius 2 is 1.68 bits per heavy atom. The second-order valence-corrected chi connectivity index (χ2v) is 10.5. The van der Waals surface area contributed by atoms with Gasteiger partial charge >= 0.3 is 0 Å². The summed E-state index contributed by atoms with van der Waals surface area (Å²) in [5.41, 5.74) is 2.17. The van der Waals surface area contributed by atoms with Crippen molar-refractivity contribution in [2.24, 2.45) is 23.2 Å². The molecule has 31 heavy (non-hydrogen) atoms. The number of carbonyl (C=O) groups excluding carboxylic acids is 2. The van der Waals surface area contributed by atoms with Gasteiger partial charge < -0.3 is 15.4 Å². The first-order valence-electron chi connectivity index (χ1n) is 12.0. The Hall–Kier alpha value is -1.92. The van der Waals surface area contributed by atoms with Gasteiger partial charge in [0.2, 0.25) is 11.8 Å². The summed E-state index contributed by atoms with van der Waals surface area (Å²) in [5.74, 6) is 2.40. The fraction of sp³-hybridized carbons (Fsp3) is 0.680. The van der Waals surface area contributed by atoms with E-state index in [9.17, 15) is 9.59 Å². The first-order chi connectivity index (χ1) is 15.1. The van der Waals surface area contributed by atoms with Crippen molar-refractivity contribution in [3.63, 3.8) is 0 Å². The number of hydrogen-bond acceptors (Lipinski definition) is 4. The predicted molar refractivity (Wildman–Crippen MR) is 119 cm³/mol. The summed E-state index contributed by atoms with van der Waals surface area (Å²) < 4.78 is 5.40. The van der Waals surface area contributed by atoms with Crippen LogP contribution in [-0.2, 0) is 20.9 Å². The maximum Gasteiger partial charge on any atom is 0.243 e. The van der Waals surface area contributed by atoms with Gasteiger partial charge in [-0.2, -0.15) is 0 Å². The minimum Gasteiger partial charge on any atom is -0.379 e. The lowest BCUT2D eigenvalue weighted by Crippen LogP contribution is -2.48. The molecule has 1 aromatic rings. The standard InChI is InChI=1S/C25H35N3O3/c29-23(15-25-12-19-8-20(13-25)10-21(9-19)14-25)26-16-24(30)27-22-3-1-2-18(11-22)17-28-4-6-31-7-5-28/h1-3,11,19-21H,4-10,12-17H2,(H,26,29)(H,27,30). The molecule has 0 aromatic heterocycles. The van der Waals surface area contributed by atoms with Crippen LogP contribution in [0.15, 0.2) is 24.3 Å². The molecule has 5 aliphatic rings. The van der Waals surface area contributed by atoms with Gasteiger partial charge in [0, 0.05) is 31.7 Å². The van der Waals surface area contributed by atoms with Crippen LogP contribution in [-0.4, -0.2) is 49.6 Å². The van der Waals surface area contributed by atoms with Gasteiger partial charge in [-0.05, 0) is 79.4 Å². The Morgan fingerprint density at radius 3 is 2.35 bits per heavy atom. The molecule has 0 atom stereocenters. The number of ether oxygens (including phenoxy) is 1. The SMILES string of the molecule is O=C(CC12CC3CC(CC(C3)C1)C2)NCC(=O)Nc1cccc(CN2CCOCC2)c1. The van der Waals surface area contributed by atoms with Gasteiger partial charge in [-0.1, -0.05) is 12.1 Å². The van der Waals surface area contributed by atoms with E-state index in [1.807, 2.05) is 18.2 Å².